The molecule has 1 aliphatic carbocycles. The van der Waals surface area contributed by atoms with Crippen LogP contribution >= 0.6 is 0 Å². The molecule has 0 aliphatic heterocycles. The van der Waals surface area contributed by atoms with Crippen LogP contribution in [0.15, 0.2) is 23.5 Å². The lowest BCUT2D eigenvalue weighted by Crippen LogP contribution is -2.56. The molecule has 1 saturated carbocycles. The summed E-state index contributed by atoms with van der Waals surface area (Å²) in [6.45, 7) is 5.14. The van der Waals surface area contributed by atoms with E-state index in [2.05, 4.69) is 46.6 Å². The molecule has 2 N–H and O–H groups in total. The lowest BCUT2D eigenvalue weighted by atomic mass is 9.75. The average Bonchev–Trinajstić information content (AvgIpc) is 3.07. The molecule has 6 nitrogen and oxygen atoms in total. The van der Waals surface area contributed by atoms with E-state index in [-0.39, 0.29) is 5.54 Å². The zero-order valence-electron chi connectivity index (χ0n) is 15.8. The SMILES string of the molecule is CN=C(NCCCn1cccn1)NCC1(N(C)C)CCCC(C)C1. The summed E-state index contributed by atoms with van der Waals surface area (Å²) in [6, 6.07) is 1.96. The maximum absolute atomic E-state index is 4.37. The van der Waals surface area contributed by atoms with Crippen LogP contribution in [0.5, 0.6) is 0 Å². The summed E-state index contributed by atoms with van der Waals surface area (Å²) >= 11 is 0. The molecule has 1 aliphatic rings. The van der Waals surface area contributed by atoms with E-state index >= 15 is 0 Å². The maximum Gasteiger partial charge on any atom is 0.191 e. The van der Waals surface area contributed by atoms with E-state index in [1.807, 2.05) is 30.2 Å². The highest BCUT2D eigenvalue weighted by molar-refractivity contribution is 5.79. The number of aromatic nitrogens is 2. The molecule has 1 aromatic rings. The number of aryl methyl sites for hydroxylation is 1. The molecule has 136 valence electrons. The van der Waals surface area contributed by atoms with Crippen LogP contribution in [0.2, 0.25) is 0 Å². The van der Waals surface area contributed by atoms with Crippen LogP contribution in [-0.2, 0) is 6.54 Å². The van der Waals surface area contributed by atoms with Gasteiger partial charge in [0.25, 0.3) is 0 Å². The van der Waals surface area contributed by atoms with Crippen molar-refractivity contribution in [3.8, 4) is 0 Å². The molecule has 6 heteroatoms. The van der Waals surface area contributed by atoms with Crippen LogP contribution in [-0.4, -0.2) is 60.4 Å². The number of rotatable bonds is 7. The first-order chi connectivity index (χ1) is 11.6. The van der Waals surface area contributed by atoms with Crippen molar-refractivity contribution >= 4 is 5.96 Å². The van der Waals surface area contributed by atoms with Crippen LogP contribution in [0.1, 0.15) is 39.0 Å². The van der Waals surface area contributed by atoms with E-state index in [0.29, 0.717) is 0 Å². The van der Waals surface area contributed by atoms with Crippen LogP contribution in [0.25, 0.3) is 0 Å². The van der Waals surface area contributed by atoms with Crippen molar-refractivity contribution in [2.24, 2.45) is 10.9 Å². The van der Waals surface area contributed by atoms with Crippen molar-refractivity contribution < 1.29 is 0 Å². The van der Waals surface area contributed by atoms with Gasteiger partial charge in [0.05, 0.1) is 0 Å². The summed E-state index contributed by atoms with van der Waals surface area (Å²) in [6.07, 6.45) is 10.0. The fourth-order valence-electron chi connectivity index (χ4n) is 3.71. The monoisotopic (exact) mass is 334 g/mol. The van der Waals surface area contributed by atoms with Gasteiger partial charge in [0.1, 0.15) is 0 Å². The first kappa shape index (κ1) is 18.8. The third-order valence-corrected chi connectivity index (χ3v) is 5.24. The quantitative estimate of drug-likeness (QED) is 0.455. The minimum atomic E-state index is 0.240. The summed E-state index contributed by atoms with van der Waals surface area (Å²) in [5, 5.41) is 11.2. The van der Waals surface area contributed by atoms with Crippen molar-refractivity contribution in [3.05, 3.63) is 18.5 Å². The second-order valence-electron chi connectivity index (χ2n) is 7.30. The Morgan fingerprint density at radius 3 is 2.88 bits per heavy atom. The number of nitrogens with zero attached hydrogens (tertiary/aromatic N) is 4. The lowest BCUT2D eigenvalue weighted by molar-refractivity contribution is 0.0796. The summed E-state index contributed by atoms with van der Waals surface area (Å²) < 4.78 is 1.96. The summed E-state index contributed by atoms with van der Waals surface area (Å²) in [4.78, 5) is 6.77. The molecule has 0 saturated heterocycles. The predicted octanol–water partition coefficient (Wildman–Crippen LogP) is 1.95. The summed E-state index contributed by atoms with van der Waals surface area (Å²) in [5.41, 5.74) is 0.240. The van der Waals surface area contributed by atoms with E-state index in [0.717, 1.165) is 37.9 Å². The van der Waals surface area contributed by atoms with E-state index in [4.69, 9.17) is 0 Å². The number of likely N-dealkylation sites (N-methyl/N-ethyl adjacent to an activating group) is 1. The number of nitrogens with one attached hydrogen (secondary N) is 2. The molecule has 1 fully saturated rings. The number of hydrogen-bond donors (Lipinski definition) is 2. The topological polar surface area (TPSA) is 57.5 Å². The van der Waals surface area contributed by atoms with Gasteiger partial charge in [-0.15, -0.1) is 0 Å². The number of hydrogen-bond acceptors (Lipinski definition) is 3. The first-order valence-corrected chi connectivity index (χ1v) is 9.15. The van der Waals surface area contributed by atoms with Crippen LogP contribution < -0.4 is 10.6 Å². The number of guanidine groups is 1. The van der Waals surface area contributed by atoms with Crippen LogP contribution in [0, 0.1) is 5.92 Å². The van der Waals surface area contributed by atoms with Crippen molar-refractivity contribution in [2.45, 2.75) is 51.1 Å². The van der Waals surface area contributed by atoms with Gasteiger partial charge >= 0.3 is 0 Å². The van der Waals surface area contributed by atoms with E-state index in [9.17, 15) is 0 Å². The molecule has 0 amide bonds. The minimum Gasteiger partial charge on any atom is -0.356 e. The Morgan fingerprint density at radius 2 is 2.25 bits per heavy atom. The Bertz CT molecular complexity index is 496. The average molecular weight is 335 g/mol. The second kappa shape index (κ2) is 9.06. The van der Waals surface area contributed by atoms with Gasteiger partial charge in [0, 0.05) is 44.6 Å². The van der Waals surface area contributed by atoms with Gasteiger partial charge in [-0.1, -0.05) is 19.8 Å². The summed E-state index contributed by atoms with van der Waals surface area (Å²) in [7, 11) is 6.26. The fourth-order valence-corrected chi connectivity index (χ4v) is 3.71. The molecule has 0 aromatic carbocycles. The van der Waals surface area contributed by atoms with Crippen LogP contribution in [0.4, 0.5) is 0 Å². The van der Waals surface area contributed by atoms with Crippen molar-refractivity contribution in [3.63, 3.8) is 0 Å². The van der Waals surface area contributed by atoms with Crippen molar-refractivity contribution in [1.82, 2.24) is 25.3 Å². The number of aliphatic imine (C=N–C) groups is 1. The molecule has 0 spiro atoms. The van der Waals surface area contributed by atoms with E-state index in [1.54, 1.807) is 0 Å². The smallest absolute Gasteiger partial charge is 0.191 e. The largest absolute Gasteiger partial charge is 0.356 e. The summed E-state index contributed by atoms with van der Waals surface area (Å²) in [5.74, 6) is 1.70. The minimum absolute atomic E-state index is 0.240. The molecule has 0 radical (unpaired) electrons. The third-order valence-electron chi connectivity index (χ3n) is 5.24. The highest BCUT2D eigenvalue weighted by Gasteiger charge is 2.36. The van der Waals surface area contributed by atoms with E-state index < -0.39 is 0 Å². The molecule has 2 rings (SSSR count). The first-order valence-electron chi connectivity index (χ1n) is 9.15. The molecule has 24 heavy (non-hydrogen) atoms. The molecular weight excluding hydrogens is 300 g/mol. The third kappa shape index (κ3) is 5.23. The molecule has 2 unspecified atom stereocenters. The maximum atomic E-state index is 4.37. The normalized spacial score (nSPS) is 25.0. The van der Waals surface area contributed by atoms with Crippen LogP contribution in [0.3, 0.4) is 0 Å². The van der Waals surface area contributed by atoms with Gasteiger partial charge in [-0.25, -0.2) is 0 Å². The zero-order valence-corrected chi connectivity index (χ0v) is 15.8. The van der Waals surface area contributed by atoms with Gasteiger partial charge < -0.3 is 15.5 Å². The molecular formula is C18H34N6. The molecule has 1 aromatic heterocycles. The van der Waals surface area contributed by atoms with Gasteiger partial charge in [0.2, 0.25) is 0 Å². The molecule has 1 heterocycles. The lowest BCUT2D eigenvalue weighted by Gasteiger charge is -2.45. The molecule has 2 atom stereocenters. The highest BCUT2D eigenvalue weighted by atomic mass is 15.3. The fraction of sp³-hybridized carbons (Fsp3) is 0.778. The standard InChI is InChI=1S/C18H34N6/c1-16-8-5-9-18(14-16,23(3)4)15-21-17(19-2)20-10-6-12-24-13-7-11-22-24/h7,11,13,16H,5-6,8-10,12,14-15H2,1-4H3,(H2,19,20,21). The van der Waals surface area contributed by atoms with Gasteiger partial charge in [-0.05, 0) is 45.3 Å². The Hall–Kier alpha value is -1.56. The van der Waals surface area contributed by atoms with Gasteiger partial charge in [0.15, 0.2) is 5.96 Å². The van der Waals surface area contributed by atoms with E-state index in [1.165, 1.54) is 25.7 Å². The second-order valence-corrected chi connectivity index (χ2v) is 7.30. The Labute approximate surface area is 146 Å². The Morgan fingerprint density at radius 1 is 1.42 bits per heavy atom. The van der Waals surface area contributed by atoms with Gasteiger partial charge in [-0.2, -0.15) is 5.10 Å². The Kier molecular flexibility index (Phi) is 7.09. The van der Waals surface area contributed by atoms with Crippen molar-refractivity contribution in [1.29, 1.82) is 0 Å². The molecule has 0 bridgehead atoms. The zero-order chi connectivity index (χ0) is 17.4. The van der Waals surface area contributed by atoms with Crippen molar-refractivity contribution in [2.75, 3.05) is 34.2 Å². The Balaban J connectivity index is 1.76. The highest BCUT2D eigenvalue weighted by Crippen LogP contribution is 2.35. The predicted molar refractivity (Wildman–Crippen MR) is 100 cm³/mol. The van der Waals surface area contributed by atoms with Gasteiger partial charge in [-0.3, -0.25) is 9.67 Å².